The first-order valence-electron chi connectivity index (χ1n) is 6.93. The number of methoxy groups -OCH3 is 1. The van der Waals surface area contributed by atoms with Crippen molar-refractivity contribution in [3.63, 3.8) is 0 Å². The minimum absolute atomic E-state index is 0.0309. The van der Waals surface area contributed by atoms with Gasteiger partial charge in [0, 0.05) is 30.5 Å². The summed E-state index contributed by atoms with van der Waals surface area (Å²) in [6, 6.07) is 5.22. The SMILES string of the molecule is COc1cc(C)c(CC(=O)Cc2c(O)cc(O)cc2O)cc1O. The van der Waals surface area contributed by atoms with Crippen LogP contribution >= 0.6 is 0 Å². The lowest BCUT2D eigenvalue weighted by atomic mass is 9.98. The molecule has 0 radical (unpaired) electrons. The lowest BCUT2D eigenvalue weighted by Crippen LogP contribution is -2.08. The highest BCUT2D eigenvalue weighted by atomic mass is 16.5. The van der Waals surface area contributed by atoms with E-state index in [1.54, 1.807) is 13.0 Å². The fraction of sp³-hybridized carbons (Fsp3) is 0.235. The molecule has 2 aromatic rings. The summed E-state index contributed by atoms with van der Waals surface area (Å²) in [5.74, 6) is -0.958. The fourth-order valence-electron chi connectivity index (χ4n) is 2.35. The van der Waals surface area contributed by atoms with E-state index in [9.17, 15) is 25.2 Å². The van der Waals surface area contributed by atoms with Crippen molar-refractivity contribution >= 4 is 5.78 Å². The van der Waals surface area contributed by atoms with Gasteiger partial charge < -0.3 is 25.2 Å². The van der Waals surface area contributed by atoms with Crippen LogP contribution in [0.5, 0.6) is 28.7 Å². The van der Waals surface area contributed by atoms with E-state index in [2.05, 4.69) is 0 Å². The minimum atomic E-state index is -0.342. The third-order valence-corrected chi connectivity index (χ3v) is 3.59. The van der Waals surface area contributed by atoms with E-state index in [1.165, 1.54) is 13.2 Å². The molecule has 4 N–H and O–H groups in total. The zero-order valence-corrected chi connectivity index (χ0v) is 12.8. The molecule has 0 aliphatic rings. The minimum Gasteiger partial charge on any atom is -0.508 e. The largest absolute Gasteiger partial charge is 0.508 e. The van der Waals surface area contributed by atoms with Crippen LogP contribution in [0.4, 0.5) is 0 Å². The summed E-state index contributed by atoms with van der Waals surface area (Å²) in [4.78, 5) is 12.2. The molecule has 6 nitrogen and oxygen atoms in total. The first-order chi connectivity index (χ1) is 10.8. The maximum atomic E-state index is 12.2. The Morgan fingerprint density at radius 1 is 0.957 bits per heavy atom. The number of aryl methyl sites for hydroxylation is 1. The second-order valence-corrected chi connectivity index (χ2v) is 5.31. The van der Waals surface area contributed by atoms with E-state index >= 15 is 0 Å². The molecule has 0 bridgehead atoms. The molecule has 0 amide bonds. The number of aromatic hydroxyl groups is 4. The number of hydrogen-bond acceptors (Lipinski definition) is 6. The third kappa shape index (κ3) is 3.66. The van der Waals surface area contributed by atoms with Gasteiger partial charge >= 0.3 is 0 Å². The van der Waals surface area contributed by atoms with Gasteiger partial charge in [-0.25, -0.2) is 0 Å². The Bertz CT molecular complexity index is 728. The third-order valence-electron chi connectivity index (χ3n) is 3.59. The lowest BCUT2D eigenvalue weighted by molar-refractivity contribution is -0.117. The van der Waals surface area contributed by atoms with Gasteiger partial charge in [-0.15, -0.1) is 0 Å². The molecule has 23 heavy (non-hydrogen) atoms. The Morgan fingerprint density at radius 2 is 1.57 bits per heavy atom. The van der Waals surface area contributed by atoms with Crippen molar-refractivity contribution < 1.29 is 30.0 Å². The average molecular weight is 318 g/mol. The van der Waals surface area contributed by atoms with Gasteiger partial charge in [0.05, 0.1) is 7.11 Å². The Hall–Kier alpha value is -2.89. The molecule has 0 saturated carbocycles. The molecule has 2 rings (SSSR count). The maximum absolute atomic E-state index is 12.2. The van der Waals surface area contributed by atoms with Crippen molar-refractivity contribution in [1.82, 2.24) is 0 Å². The van der Waals surface area contributed by atoms with Crippen LogP contribution in [-0.2, 0) is 17.6 Å². The van der Waals surface area contributed by atoms with Crippen LogP contribution < -0.4 is 4.74 Å². The van der Waals surface area contributed by atoms with Crippen LogP contribution in [0.3, 0.4) is 0 Å². The smallest absolute Gasteiger partial charge is 0.160 e. The number of carbonyl (C=O) groups is 1. The topological polar surface area (TPSA) is 107 Å². The highest BCUT2D eigenvalue weighted by Crippen LogP contribution is 2.33. The molecule has 0 unspecified atom stereocenters. The van der Waals surface area contributed by atoms with Crippen molar-refractivity contribution in [2.75, 3.05) is 7.11 Å². The van der Waals surface area contributed by atoms with Gasteiger partial charge in [-0.1, -0.05) is 0 Å². The summed E-state index contributed by atoms with van der Waals surface area (Å²) < 4.78 is 5.00. The number of rotatable bonds is 5. The van der Waals surface area contributed by atoms with Crippen LogP contribution in [0.15, 0.2) is 24.3 Å². The van der Waals surface area contributed by atoms with Crippen LogP contribution in [0, 0.1) is 6.92 Å². The van der Waals surface area contributed by atoms with E-state index in [1.807, 2.05) is 0 Å². The number of ketones is 1. The predicted octanol–water partition coefficient (Wildman–Crippen LogP) is 2.18. The van der Waals surface area contributed by atoms with E-state index < -0.39 is 0 Å². The summed E-state index contributed by atoms with van der Waals surface area (Å²) in [6.07, 6.45) is -0.159. The molecule has 0 aromatic heterocycles. The van der Waals surface area contributed by atoms with Gasteiger partial charge in [0.2, 0.25) is 0 Å². The quantitative estimate of drug-likeness (QED) is 0.673. The molecule has 0 atom stereocenters. The van der Waals surface area contributed by atoms with Crippen molar-refractivity contribution in [3.05, 3.63) is 41.0 Å². The molecule has 122 valence electrons. The molecular weight excluding hydrogens is 300 g/mol. The second-order valence-electron chi connectivity index (χ2n) is 5.31. The first kappa shape index (κ1) is 16.5. The predicted molar refractivity (Wildman–Crippen MR) is 83.2 cm³/mol. The normalized spacial score (nSPS) is 10.5. The number of benzene rings is 2. The van der Waals surface area contributed by atoms with Gasteiger partial charge in [0.25, 0.3) is 0 Å². The molecule has 0 spiro atoms. The zero-order valence-electron chi connectivity index (χ0n) is 12.8. The summed E-state index contributed by atoms with van der Waals surface area (Å²) in [5.41, 5.74) is 1.47. The standard InChI is InChI=1S/C17H18O6/c1-9-3-17(23-2)16(22)5-10(9)4-11(18)6-13-14(20)7-12(19)8-15(13)21/h3,5,7-8,19-22H,4,6H2,1-2H3. The Balaban J connectivity index is 2.19. The number of Topliss-reactive ketones (excluding diaryl/α,β-unsaturated/α-hetero) is 1. The number of phenolic OH excluding ortho intramolecular Hbond substituents is 4. The van der Waals surface area contributed by atoms with Crippen LogP contribution in [0.2, 0.25) is 0 Å². The van der Waals surface area contributed by atoms with Gasteiger partial charge in [0.15, 0.2) is 11.5 Å². The summed E-state index contributed by atoms with van der Waals surface area (Å²) in [7, 11) is 1.44. The van der Waals surface area contributed by atoms with Crippen LogP contribution in [0.25, 0.3) is 0 Å². The first-order valence-corrected chi connectivity index (χ1v) is 6.93. The number of hydrogen-bond donors (Lipinski definition) is 4. The second kappa shape index (κ2) is 6.48. The molecule has 0 heterocycles. The monoisotopic (exact) mass is 318 g/mol. The molecule has 0 saturated heterocycles. The molecule has 0 aliphatic heterocycles. The van der Waals surface area contributed by atoms with Crippen LogP contribution in [0.1, 0.15) is 16.7 Å². The van der Waals surface area contributed by atoms with Gasteiger partial charge in [-0.2, -0.15) is 0 Å². The summed E-state index contributed by atoms with van der Waals surface area (Å²) >= 11 is 0. The summed E-state index contributed by atoms with van der Waals surface area (Å²) in [5, 5.41) is 38.5. The van der Waals surface area contributed by atoms with E-state index in [4.69, 9.17) is 4.74 Å². The molecule has 0 fully saturated rings. The van der Waals surface area contributed by atoms with E-state index in [0.717, 1.165) is 17.7 Å². The lowest BCUT2D eigenvalue weighted by Gasteiger charge is -2.11. The van der Waals surface area contributed by atoms with Crippen molar-refractivity contribution in [3.8, 4) is 28.7 Å². The molecule has 0 aliphatic carbocycles. The molecular formula is C17H18O6. The Morgan fingerprint density at radius 3 is 2.13 bits per heavy atom. The highest BCUT2D eigenvalue weighted by molar-refractivity contribution is 5.85. The van der Waals surface area contributed by atoms with Crippen LogP contribution in [-0.4, -0.2) is 33.3 Å². The summed E-state index contributed by atoms with van der Waals surface area (Å²) in [6.45, 7) is 1.79. The zero-order chi connectivity index (χ0) is 17.1. The van der Waals surface area contributed by atoms with E-state index in [0.29, 0.717) is 11.3 Å². The average Bonchev–Trinajstić information content (AvgIpc) is 2.46. The van der Waals surface area contributed by atoms with Gasteiger partial charge in [-0.3, -0.25) is 4.79 Å². The number of carbonyl (C=O) groups excluding carboxylic acids is 1. The van der Waals surface area contributed by atoms with Crippen molar-refractivity contribution in [1.29, 1.82) is 0 Å². The van der Waals surface area contributed by atoms with Crippen molar-refractivity contribution in [2.45, 2.75) is 19.8 Å². The highest BCUT2D eigenvalue weighted by Gasteiger charge is 2.16. The van der Waals surface area contributed by atoms with Crippen molar-refractivity contribution in [2.24, 2.45) is 0 Å². The number of phenols is 4. The Labute approximate surface area is 133 Å². The fourth-order valence-corrected chi connectivity index (χ4v) is 2.35. The van der Waals surface area contributed by atoms with Gasteiger partial charge in [0.1, 0.15) is 23.0 Å². The molecule has 6 heteroatoms. The number of ether oxygens (including phenoxy) is 1. The van der Waals surface area contributed by atoms with Gasteiger partial charge in [-0.05, 0) is 30.2 Å². The maximum Gasteiger partial charge on any atom is 0.160 e. The van der Waals surface area contributed by atoms with E-state index in [-0.39, 0.29) is 47.2 Å². The Kier molecular flexibility index (Phi) is 4.64. The molecule has 2 aromatic carbocycles.